The monoisotopic (exact) mass is 268 g/mol. The first kappa shape index (κ1) is 11.6. The van der Waals surface area contributed by atoms with Crippen LogP contribution in [0, 0.1) is 18.3 Å². The van der Waals surface area contributed by atoms with Gasteiger partial charge in [0.1, 0.15) is 16.6 Å². The number of thiophene rings is 1. The van der Waals surface area contributed by atoms with Gasteiger partial charge in [0.05, 0.1) is 5.56 Å². The predicted octanol–water partition coefficient (Wildman–Crippen LogP) is 3.04. The molecule has 0 aliphatic heterocycles. The van der Waals surface area contributed by atoms with Crippen LogP contribution in [0.2, 0.25) is 0 Å². The molecule has 0 radical (unpaired) electrons. The molecule has 0 unspecified atom stereocenters. The Balaban J connectivity index is 2.03. The largest absolute Gasteiger partial charge is 0.333 e. The maximum absolute atomic E-state index is 8.98. The van der Waals surface area contributed by atoms with Gasteiger partial charge in [0.15, 0.2) is 0 Å². The van der Waals surface area contributed by atoms with Crippen molar-refractivity contribution in [3.63, 3.8) is 0 Å². The van der Waals surface area contributed by atoms with E-state index in [0.717, 1.165) is 5.56 Å². The van der Waals surface area contributed by atoms with Crippen molar-refractivity contribution in [1.29, 1.82) is 5.26 Å². The second-order valence-corrected chi connectivity index (χ2v) is 4.83. The topological polar surface area (TPSA) is 75.6 Å². The zero-order valence-electron chi connectivity index (χ0n) is 9.99. The summed E-state index contributed by atoms with van der Waals surface area (Å²) in [6, 6.07) is 7.61. The first-order valence-electron chi connectivity index (χ1n) is 5.52. The molecule has 0 aliphatic carbocycles. The molecule has 0 atom stereocenters. The van der Waals surface area contributed by atoms with E-state index in [4.69, 9.17) is 9.78 Å². The molecule has 0 bridgehead atoms. The summed E-state index contributed by atoms with van der Waals surface area (Å²) < 4.78 is 5.20. The molecular formula is C13H8N4OS. The summed E-state index contributed by atoms with van der Waals surface area (Å²) in [6.45, 7) is 1.97. The average Bonchev–Trinajstić information content (AvgIpc) is 3.07. The van der Waals surface area contributed by atoms with E-state index in [9.17, 15) is 0 Å². The third-order valence-electron chi connectivity index (χ3n) is 2.55. The van der Waals surface area contributed by atoms with E-state index >= 15 is 0 Å². The molecule has 0 aromatic carbocycles. The molecule has 0 spiro atoms. The minimum Gasteiger partial charge on any atom is -0.333 e. The van der Waals surface area contributed by atoms with E-state index in [1.54, 1.807) is 12.3 Å². The summed E-state index contributed by atoms with van der Waals surface area (Å²) in [4.78, 5) is 9.18. The van der Waals surface area contributed by atoms with Crippen molar-refractivity contribution in [2.45, 2.75) is 6.92 Å². The number of nitriles is 1. The zero-order chi connectivity index (χ0) is 13.2. The SMILES string of the molecule is Cc1ccnc(-c2noc(-c3sccc3C#N)n2)c1. The molecule has 3 rings (SSSR count). The van der Waals surface area contributed by atoms with E-state index in [-0.39, 0.29) is 0 Å². The lowest BCUT2D eigenvalue weighted by Gasteiger charge is -1.94. The Labute approximate surface area is 113 Å². The maximum atomic E-state index is 8.98. The molecule has 3 aromatic rings. The van der Waals surface area contributed by atoms with Crippen LogP contribution in [0.1, 0.15) is 11.1 Å². The molecule has 0 amide bonds. The maximum Gasteiger partial charge on any atom is 0.269 e. The van der Waals surface area contributed by atoms with Gasteiger partial charge < -0.3 is 4.52 Å². The van der Waals surface area contributed by atoms with Crippen molar-refractivity contribution >= 4 is 11.3 Å². The van der Waals surface area contributed by atoms with Crippen molar-refractivity contribution in [2.75, 3.05) is 0 Å². The van der Waals surface area contributed by atoms with E-state index in [0.29, 0.717) is 27.8 Å². The van der Waals surface area contributed by atoms with Crippen LogP contribution in [0.4, 0.5) is 0 Å². The summed E-state index contributed by atoms with van der Waals surface area (Å²) in [5, 5.41) is 14.7. The molecule has 0 saturated carbocycles. The van der Waals surface area contributed by atoms with E-state index in [1.165, 1.54) is 11.3 Å². The van der Waals surface area contributed by atoms with Crippen LogP contribution in [-0.2, 0) is 0 Å². The lowest BCUT2D eigenvalue weighted by molar-refractivity contribution is 0.433. The van der Waals surface area contributed by atoms with Gasteiger partial charge in [-0.05, 0) is 36.1 Å². The third kappa shape index (κ3) is 2.11. The zero-order valence-corrected chi connectivity index (χ0v) is 10.8. The lowest BCUT2D eigenvalue weighted by Crippen LogP contribution is -1.86. The summed E-state index contributed by atoms with van der Waals surface area (Å²) in [7, 11) is 0. The second-order valence-electron chi connectivity index (χ2n) is 3.92. The van der Waals surface area contributed by atoms with Gasteiger partial charge in [0.2, 0.25) is 5.82 Å². The van der Waals surface area contributed by atoms with Crippen LogP contribution in [0.25, 0.3) is 22.3 Å². The Kier molecular flexibility index (Phi) is 2.82. The lowest BCUT2D eigenvalue weighted by atomic mass is 10.2. The molecule has 92 valence electrons. The third-order valence-corrected chi connectivity index (χ3v) is 3.45. The van der Waals surface area contributed by atoms with Gasteiger partial charge in [-0.3, -0.25) is 4.98 Å². The van der Waals surface area contributed by atoms with E-state index < -0.39 is 0 Å². The highest BCUT2D eigenvalue weighted by Crippen LogP contribution is 2.29. The number of pyridine rings is 1. The first-order valence-corrected chi connectivity index (χ1v) is 6.40. The van der Waals surface area contributed by atoms with Crippen molar-refractivity contribution in [3.8, 4) is 28.4 Å². The molecule has 0 fully saturated rings. The molecule has 3 aromatic heterocycles. The predicted molar refractivity (Wildman–Crippen MR) is 70.3 cm³/mol. The summed E-state index contributed by atoms with van der Waals surface area (Å²) in [6.07, 6.45) is 1.70. The number of hydrogen-bond acceptors (Lipinski definition) is 6. The fourth-order valence-corrected chi connectivity index (χ4v) is 2.41. The molecule has 0 aliphatic rings. The molecule has 6 heteroatoms. The highest BCUT2D eigenvalue weighted by molar-refractivity contribution is 7.13. The fraction of sp³-hybridized carbons (Fsp3) is 0.0769. The second kappa shape index (κ2) is 4.63. The van der Waals surface area contributed by atoms with Gasteiger partial charge in [-0.1, -0.05) is 5.16 Å². The standard InChI is InChI=1S/C13H8N4OS/c1-8-2-4-15-10(6-8)12-16-13(18-17-12)11-9(7-14)3-5-19-11/h2-6H,1H3. The van der Waals surface area contributed by atoms with E-state index in [2.05, 4.69) is 21.2 Å². The van der Waals surface area contributed by atoms with Gasteiger partial charge in [0, 0.05) is 6.20 Å². The van der Waals surface area contributed by atoms with Crippen LogP contribution in [0.5, 0.6) is 0 Å². The Morgan fingerprint density at radius 3 is 3.05 bits per heavy atom. The normalized spacial score (nSPS) is 10.3. The van der Waals surface area contributed by atoms with Gasteiger partial charge >= 0.3 is 0 Å². The minimum absolute atomic E-state index is 0.352. The quantitative estimate of drug-likeness (QED) is 0.714. The summed E-state index contributed by atoms with van der Waals surface area (Å²) in [5.41, 5.74) is 2.27. The molecule has 5 nitrogen and oxygen atoms in total. The summed E-state index contributed by atoms with van der Waals surface area (Å²) >= 11 is 1.40. The Morgan fingerprint density at radius 1 is 1.37 bits per heavy atom. The molecule has 0 N–H and O–H groups in total. The van der Waals surface area contributed by atoms with E-state index in [1.807, 2.05) is 24.4 Å². The number of aryl methyl sites for hydroxylation is 1. The highest BCUT2D eigenvalue weighted by atomic mass is 32.1. The van der Waals surface area contributed by atoms with Crippen LogP contribution in [-0.4, -0.2) is 15.1 Å². The van der Waals surface area contributed by atoms with Gasteiger partial charge in [-0.15, -0.1) is 11.3 Å². The van der Waals surface area contributed by atoms with Crippen molar-refractivity contribution < 1.29 is 4.52 Å². The van der Waals surface area contributed by atoms with Crippen molar-refractivity contribution in [3.05, 3.63) is 40.9 Å². The molecule has 3 heterocycles. The van der Waals surface area contributed by atoms with Crippen molar-refractivity contribution in [2.24, 2.45) is 0 Å². The molecular weight excluding hydrogens is 260 g/mol. The van der Waals surface area contributed by atoms with Gasteiger partial charge in [0.25, 0.3) is 5.89 Å². The number of nitrogens with zero attached hydrogens (tertiary/aromatic N) is 4. The molecule has 19 heavy (non-hydrogen) atoms. The Hall–Kier alpha value is -2.52. The Morgan fingerprint density at radius 2 is 2.26 bits per heavy atom. The van der Waals surface area contributed by atoms with Crippen LogP contribution in [0.15, 0.2) is 34.3 Å². The minimum atomic E-state index is 0.352. The summed E-state index contributed by atoms with van der Waals surface area (Å²) in [5.74, 6) is 0.779. The van der Waals surface area contributed by atoms with Crippen LogP contribution >= 0.6 is 11.3 Å². The first-order chi connectivity index (χ1) is 9.28. The van der Waals surface area contributed by atoms with Gasteiger partial charge in [-0.2, -0.15) is 10.2 Å². The highest BCUT2D eigenvalue weighted by Gasteiger charge is 2.15. The fourth-order valence-electron chi connectivity index (χ4n) is 1.64. The smallest absolute Gasteiger partial charge is 0.269 e. The Bertz CT molecular complexity index is 769. The van der Waals surface area contributed by atoms with Gasteiger partial charge in [-0.25, -0.2) is 0 Å². The number of rotatable bonds is 2. The number of hydrogen-bond donors (Lipinski definition) is 0. The van der Waals surface area contributed by atoms with Crippen LogP contribution < -0.4 is 0 Å². The average molecular weight is 268 g/mol. The van der Waals surface area contributed by atoms with Crippen LogP contribution in [0.3, 0.4) is 0 Å². The molecule has 0 saturated heterocycles. The van der Waals surface area contributed by atoms with Crippen molar-refractivity contribution in [1.82, 2.24) is 15.1 Å². The number of aromatic nitrogens is 3.